The van der Waals surface area contributed by atoms with Gasteiger partial charge in [-0.05, 0) is 36.2 Å². The summed E-state index contributed by atoms with van der Waals surface area (Å²) in [5, 5.41) is 0.645. The smallest absolute Gasteiger partial charge is 0.387 e. The predicted molar refractivity (Wildman–Crippen MR) is 80.1 cm³/mol. The van der Waals surface area contributed by atoms with Crippen LogP contribution in [0.5, 0.6) is 11.6 Å². The second kappa shape index (κ2) is 7.36. The van der Waals surface area contributed by atoms with Gasteiger partial charge in [-0.25, -0.2) is 4.98 Å². The summed E-state index contributed by atoms with van der Waals surface area (Å²) in [6, 6.07) is 8.40. The number of ether oxygens (including phenoxy) is 2. The number of aromatic nitrogens is 1. The van der Waals surface area contributed by atoms with Gasteiger partial charge in [0.05, 0.1) is 6.61 Å². The Hall–Kier alpha value is -1.69. The molecule has 0 aliphatic heterocycles. The fourth-order valence-corrected chi connectivity index (χ4v) is 2.17. The van der Waals surface area contributed by atoms with Gasteiger partial charge in [0, 0.05) is 17.1 Å². The van der Waals surface area contributed by atoms with Gasteiger partial charge in [-0.2, -0.15) is 8.78 Å². The molecule has 2 aromatic rings. The summed E-state index contributed by atoms with van der Waals surface area (Å²) >= 11 is 3.37. The zero-order valence-corrected chi connectivity index (χ0v) is 12.9. The summed E-state index contributed by atoms with van der Waals surface area (Å²) in [7, 11) is 0. The summed E-state index contributed by atoms with van der Waals surface area (Å²) in [6.45, 7) is -0.514. The van der Waals surface area contributed by atoms with E-state index in [4.69, 9.17) is 4.74 Å². The van der Waals surface area contributed by atoms with E-state index in [0.717, 1.165) is 11.1 Å². The highest BCUT2D eigenvalue weighted by molar-refractivity contribution is 9.08. The molecule has 2 rings (SSSR count). The van der Waals surface area contributed by atoms with Crippen LogP contribution in [0.2, 0.25) is 0 Å². The minimum Gasteiger partial charge on any atom is -0.478 e. The quantitative estimate of drug-likeness (QED) is 0.705. The molecule has 3 nitrogen and oxygen atoms in total. The van der Waals surface area contributed by atoms with Gasteiger partial charge in [-0.3, -0.25) is 0 Å². The maximum Gasteiger partial charge on any atom is 0.387 e. The maximum atomic E-state index is 12.3. The van der Waals surface area contributed by atoms with Crippen LogP contribution in [0.1, 0.15) is 12.5 Å². The summed E-state index contributed by atoms with van der Waals surface area (Å²) in [6.07, 6.45) is 1.71. The molecule has 0 aliphatic carbocycles. The Kier molecular flexibility index (Phi) is 5.50. The maximum absolute atomic E-state index is 12.3. The van der Waals surface area contributed by atoms with Crippen molar-refractivity contribution in [3.8, 4) is 22.8 Å². The minimum atomic E-state index is -2.85. The molecule has 0 fully saturated rings. The first-order chi connectivity index (χ1) is 10.1. The Balaban J connectivity index is 2.43. The van der Waals surface area contributed by atoms with E-state index in [9.17, 15) is 8.78 Å². The van der Waals surface area contributed by atoms with Gasteiger partial charge in [-0.15, -0.1) is 0 Å². The normalized spacial score (nSPS) is 10.7. The first-order valence-corrected chi connectivity index (χ1v) is 7.49. The van der Waals surface area contributed by atoms with Crippen LogP contribution in [0.3, 0.4) is 0 Å². The molecule has 0 bridgehead atoms. The van der Waals surface area contributed by atoms with Crippen LogP contribution in [0.25, 0.3) is 11.1 Å². The van der Waals surface area contributed by atoms with Crippen LogP contribution >= 0.6 is 15.9 Å². The van der Waals surface area contributed by atoms with Crippen LogP contribution in [-0.2, 0) is 5.33 Å². The van der Waals surface area contributed by atoms with E-state index in [1.54, 1.807) is 24.4 Å². The van der Waals surface area contributed by atoms with E-state index < -0.39 is 6.61 Å². The molecule has 6 heteroatoms. The van der Waals surface area contributed by atoms with E-state index in [1.807, 2.05) is 13.0 Å². The first kappa shape index (κ1) is 15.7. The summed E-state index contributed by atoms with van der Waals surface area (Å²) in [4.78, 5) is 4.27. The lowest BCUT2D eigenvalue weighted by Crippen LogP contribution is -2.02. The molecular weight excluding hydrogens is 344 g/mol. The lowest BCUT2D eigenvalue weighted by atomic mass is 10.1. The highest BCUT2D eigenvalue weighted by atomic mass is 79.9. The molecule has 0 aliphatic rings. The van der Waals surface area contributed by atoms with Crippen molar-refractivity contribution in [1.29, 1.82) is 0 Å². The molecule has 21 heavy (non-hydrogen) atoms. The Labute approximate surface area is 130 Å². The predicted octanol–water partition coefficient (Wildman–Crippen LogP) is 4.64. The summed E-state index contributed by atoms with van der Waals surface area (Å²) < 4.78 is 34.5. The molecule has 0 spiro atoms. The standard InChI is InChI=1S/C15H14BrF2NO2/c1-2-20-14-13(6-10(8-16)9-19-14)11-4-3-5-12(7-11)21-15(17)18/h3-7,9,15H,2,8H2,1H3. The van der Waals surface area contributed by atoms with Gasteiger partial charge in [-0.1, -0.05) is 28.1 Å². The Morgan fingerprint density at radius 2 is 2.10 bits per heavy atom. The van der Waals surface area contributed by atoms with E-state index in [0.29, 0.717) is 23.4 Å². The number of hydrogen-bond acceptors (Lipinski definition) is 3. The van der Waals surface area contributed by atoms with Crippen molar-refractivity contribution < 1.29 is 18.3 Å². The third kappa shape index (κ3) is 4.14. The summed E-state index contributed by atoms with van der Waals surface area (Å²) in [5.74, 6) is 0.575. The number of pyridine rings is 1. The van der Waals surface area contributed by atoms with Crippen molar-refractivity contribution in [2.45, 2.75) is 18.9 Å². The van der Waals surface area contributed by atoms with Gasteiger partial charge in [0.25, 0.3) is 0 Å². The number of hydrogen-bond donors (Lipinski definition) is 0. The van der Waals surface area contributed by atoms with Gasteiger partial charge in [0.1, 0.15) is 5.75 Å². The monoisotopic (exact) mass is 357 g/mol. The molecule has 0 radical (unpaired) electrons. The number of rotatable bonds is 6. The van der Waals surface area contributed by atoms with Gasteiger partial charge in [0.2, 0.25) is 5.88 Å². The van der Waals surface area contributed by atoms with Crippen molar-refractivity contribution in [3.05, 3.63) is 42.1 Å². The topological polar surface area (TPSA) is 31.4 Å². The van der Waals surface area contributed by atoms with E-state index in [1.165, 1.54) is 6.07 Å². The van der Waals surface area contributed by atoms with Crippen LogP contribution in [0, 0.1) is 0 Å². The Bertz CT molecular complexity index is 608. The van der Waals surface area contributed by atoms with Crippen molar-refractivity contribution in [2.75, 3.05) is 6.61 Å². The summed E-state index contributed by atoms with van der Waals surface area (Å²) in [5.41, 5.74) is 2.43. The molecule has 0 unspecified atom stereocenters. The lowest BCUT2D eigenvalue weighted by Gasteiger charge is -2.12. The van der Waals surface area contributed by atoms with Crippen LogP contribution < -0.4 is 9.47 Å². The zero-order chi connectivity index (χ0) is 15.2. The molecule has 0 saturated carbocycles. The van der Waals surface area contributed by atoms with Crippen molar-refractivity contribution in [1.82, 2.24) is 4.98 Å². The fraction of sp³-hybridized carbons (Fsp3) is 0.267. The molecular formula is C15H14BrF2NO2. The lowest BCUT2D eigenvalue weighted by molar-refractivity contribution is -0.0498. The van der Waals surface area contributed by atoms with Gasteiger partial charge < -0.3 is 9.47 Å². The third-order valence-corrected chi connectivity index (χ3v) is 3.36. The van der Waals surface area contributed by atoms with Crippen molar-refractivity contribution in [3.63, 3.8) is 0 Å². The Morgan fingerprint density at radius 1 is 1.29 bits per heavy atom. The minimum absolute atomic E-state index is 0.106. The molecule has 1 aromatic heterocycles. The molecule has 0 amide bonds. The molecule has 112 valence electrons. The number of nitrogens with zero attached hydrogens (tertiary/aromatic N) is 1. The second-order valence-electron chi connectivity index (χ2n) is 4.17. The molecule has 1 heterocycles. The van der Waals surface area contributed by atoms with Crippen LogP contribution in [-0.4, -0.2) is 18.2 Å². The van der Waals surface area contributed by atoms with Gasteiger partial charge in [0.15, 0.2) is 0 Å². The van der Waals surface area contributed by atoms with E-state index >= 15 is 0 Å². The largest absolute Gasteiger partial charge is 0.478 e. The average Bonchev–Trinajstić information content (AvgIpc) is 2.47. The second-order valence-corrected chi connectivity index (χ2v) is 4.73. The highest BCUT2D eigenvalue weighted by Crippen LogP contribution is 2.32. The average molecular weight is 358 g/mol. The van der Waals surface area contributed by atoms with Crippen LogP contribution in [0.15, 0.2) is 36.5 Å². The van der Waals surface area contributed by atoms with Crippen molar-refractivity contribution >= 4 is 15.9 Å². The molecule has 0 N–H and O–H groups in total. The SMILES string of the molecule is CCOc1ncc(CBr)cc1-c1cccc(OC(F)F)c1. The van der Waals surface area contributed by atoms with E-state index in [2.05, 4.69) is 25.7 Å². The molecule has 1 aromatic carbocycles. The van der Waals surface area contributed by atoms with E-state index in [-0.39, 0.29) is 5.75 Å². The number of alkyl halides is 3. The number of halogens is 3. The first-order valence-electron chi connectivity index (χ1n) is 6.37. The fourth-order valence-electron chi connectivity index (χ4n) is 1.87. The van der Waals surface area contributed by atoms with Crippen LogP contribution in [0.4, 0.5) is 8.78 Å². The zero-order valence-electron chi connectivity index (χ0n) is 11.4. The molecule has 0 atom stereocenters. The highest BCUT2D eigenvalue weighted by Gasteiger charge is 2.11. The Morgan fingerprint density at radius 3 is 2.76 bits per heavy atom. The number of benzene rings is 1. The molecule has 0 saturated heterocycles. The third-order valence-electron chi connectivity index (χ3n) is 2.71. The van der Waals surface area contributed by atoms with Crippen molar-refractivity contribution in [2.24, 2.45) is 0 Å². The van der Waals surface area contributed by atoms with Gasteiger partial charge >= 0.3 is 6.61 Å².